The highest BCUT2D eigenvalue weighted by atomic mass is 16.5. The summed E-state index contributed by atoms with van der Waals surface area (Å²) in [5.41, 5.74) is 2.36. The van der Waals surface area contributed by atoms with E-state index in [1.807, 2.05) is 0 Å². The molecule has 7 nitrogen and oxygen atoms in total. The number of rotatable bonds is 3. The number of anilines is 3. The minimum absolute atomic E-state index is 0.705. The largest absolute Gasteiger partial charge is 0.382 e. The lowest BCUT2D eigenvalue weighted by Crippen LogP contribution is -2.51. The molecule has 5 heterocycles. The lowest BCUT2D eigenvalue weighted by atomic mass is 9.76. The lowest BCUT2D eigenvalue weighted by molar-refractivity contribution is 0.0321. The van der Waals surface area contributed by atoms with Crippen LogP contribution < -0.4 is 15.5 Å². The number of hydrogen-bond donors (Lipinski definition) is 2. The van der Waals surface area contributed by atoms with Gasteiger partial charge in [-0.3, -0.25) is 4.90 Å². The molecule has 4 aliphatic rings. The van der Waals surface area contributed by atoms with Crippen LogP contribution in [0.25, 0.3) is 5.52 Å². The van der Waals surface area contributed by atoms with Crippen LogP contribution in [-0.2, 0) is 4.74 Å². The van der Waals surface area contributed by atoms with Gasteiger partial charge in [-0.15, -0.1) is 5.10 Å². The molecule has 0 amide bonds. The van der Waals surface area contributed by atoms with Gasteiger partial charge in [-0.25, -0.2) is 4.52 Å². The number of piperazine rings is 1. The van der Waals surface area contributed by atoms with Gasteiger partial charge in [-0.1, -0.05) is 19.3 Å². The van der Waals surface area contributed by atoms with Crippen molar-refractivity contribution in [3.8, 4) is 0 Å². The Balaban J connectivity index is 1.17. The zero-order valence-corrected chi connectivity index (χ0v) is 17.9. The Labute approximate surface area is 178 Å². The summed E-state index contributed by atoms with van der Waals surface area (Å²) in [5.74, 6) is 3.84. The van der Waals surface area contributed by atoms with Gasteiger partial charge < -0.3 is 20.3 Å². The number of fused-ring (bicyclic) bond motifs is 3. The molecule has 1 atom stereocenters. The van der Waals surface area contributed by atoms with Crippen molar-refractivity contribution in [2.45, 2.75) is 38.1 Å². The van der Waals surface area contributed by atoms with Gasteiger partial charge in [0.1, 0.15) is 0 Å². The molecule has 1 unspecified atom stereocenters. The van der Waals surface area contributed by atoms with Crippen LogP contribution in [0.2, 0.25) is 0 Å². The van der Waals surface area contributed by atoms with E-state index in [-0.39, 0.29) is 0 Å². The highest BCUT2D eigenvalue weighted by molar-refractivity contribution is 5.73. The third-order valence-electron chi connectivity index (χ3n) is 7.86. The van der Waals surface area contributed by atoms with Crippen LogP contribution in [0.3, 0.4) is 0 Å². The van der Waals surface area contributed by atoms with E-state index in [1.54, 1.807) is 0 Å². The first-order chi connectivity index (χ1) is 14.8. The van der Waals surface area contributed by atoms with Crippen LogP contribution in [-0.4, -0.2) is 73.0 Å². The van der Waals surface area contributed by atoms with E-state index in [2.05, 4.69) is 43.1 Å². The van der Waals surface area contributed by atoms with E-state index in [0.717, 1.165) is 76.0 Å². The zero-order valence-electron chi connectivity index (χ0n) is 17.9. The van der Waals surface area contributed by atoms with Crippen molar-refractivity contribution in [2.24, 2.45) is 11.8 Å². The van der Waals surface area contributed by atoms with Gasteiger partial charge in [-0.2, -0.15) is 0 Å². The molecule has 0 bridgehead atoms. The molecule has 30 heavy (non-hydrogen) atoms. The van der Waals surface area contributed by atoms with Crippen molar-refractivity contribution in [2.75, 3.05) is 68.0 Å². The van der Waals surface area contributed by atoms with Crippen LogP contribution in [0.15, 0.2) is 18.2 Å². The van der Waals surface area contributed by atoms with E-state index in [9.17, 15) is 0 Å². The highest BCUT2D eigenvalue weighted by Gasteiger charge is 2.30. The molecule has 2 N–H and O–H groups in total. The van der Waals surface area contributed by atoms with Crippen molar-refractivity contribution in [1.82, 2.24) is 14.5 Å². The zero-order chi connectivity index (χ0) is 19.9. The fourth-order valence-electron chi connectivity index (χ4n) is 5.66. The molecule has 0 aromatic carbocycles. The summed E-state index contributed by atoms with van der Waals surface area (Å²) in [6.07, 6.45) is 6.56. The maximum Gasteiger partial charge on any atom is 0.151 e. The van der Waals surface area contributed by atoms with Crippen molar-refractivity contribution < 1.29 is 4.74 Å². The molecule has 0 spiro atoms. The van der Waals surface area contributed by atoms with E-state index >= 15 is 0 Å². The van der Waals surface area contributed by atoms with Crippen molar-refractivity contribution in [1.29, 1.82) is 0 Å². The van der Waals surface area contributed by atoms with Gasteiger partial charge in [-0.05, 0) is 36.8 Å². The first-order valence-corrected chi connectivity index (χ1v) is 11.9. The van der Waals surface area contributed by atoms with Gasteiger partial charge in [0.15, 0.2) is 11.6 Å². The van der Waals surface area contributed by atoms with Gasteiger partial charge in [0.2, 0.25) is 0 Å². The molecule has 7 heteroatoms. The van der Waals surface area contributed by atoms with Gasteiger partial charge in [0, 0.05) is 64.6 Å². The fourth-order valence-corrected chi connectivity index (χ4v) is 5.66. The minimum atomic E-state index is 0.705. The molecule has 6 rings (SSSR count). The molecular weight excluding hydrogens is 376 g/mol. The summed E-state index contributed by atoms with van der Waals surface area (Å²) in [4.78, 5) is 5.11. The van der Waals surface area contributed by atoms with E-state index in [4.69, 9.17) is 9.84 Å². The molecule has 1 aliphatic carbocycles. The number of aromatic nitrogens is 2. The molecule has 2 aromatic rings. The summed E-state index contributed by atoms with van der Waals surface area (Å²) < 4.78 is 7.65. The number of nitrogens with zero attached hydrogens (tertiary/aromatic N) is 4. The number of ether oxygens (including phenoxy) is 1. The Morgan fingerprint density at radius 2 is 1.70 bits per heavy atom. The third-order valence-corrected chi connectivity index (χ3v) is 7.86. The van der Waals surface area contributed by atoms with E-state index < -0.39 is 0 Å². The summed E-state index contributed by atoms with van der Waals surface area (Å²) in [7, 11) is 0. The standard InChI is InChI=1S/C23H34N6O/c1-2-17(3-1)18-15-24-21-5-4-20-14-22(26-29(20)23(21)25-16-18)28-10-8-27(9-11-28)19-6-12-30-13-7-19/h4-5,14,17-19,24-25H,1-3,6-13,15-16H2. The first-order valence-electron chi connectivity index (χ1n) is 11.9. The monoisotopic (exact) mass is 410 g/mol. The molecule has 3 aliphatic heterocycles. The second kappa shape index (κ2) is 7.93. The van der Waals surface area contributed by atoms with Crippen LogP contribution in [0.5, 0.6) is 0 Å². The molecule has 2 aromatic heterocycles. The maximum absolute atomic E-state index is 5.54. The van der Waals surface area contributed by atoms with Crippen molar-refractivity contribution in [3.63, 3.8) is 0 Å². The van der Waals surface area contributed by atoms with Crippen LogP contribution in [0.4, 0.5) is 17.3 Å². The molecule has 1 saturated carbocycles. The summed E-state index contributed by atoms with van der Waals surface area (Å²) in [6, 6.07) is 7.37. The summed E-state index contributed by atoms with van der Waals surface area (Å²) in [6.45, 7) is 8.31. The van der Waals surface area contributed by atoms with Crippen LogP contribution in [0, 0.1) is 11.8 Å². The summed E-state index contributed by atoms with van der Waals surface area (Å²) in [5, 5.41) is 12.5. The average Bonchev–Trinajstić information content (AvgIpc) is 3.09. The molecule has 162 valence electrons. The van der Waals surface area contributed by atoms with Gasteiger partial charge in [0.05, 0.1) is 11.2 Å². The SMILES string of the molecule is c1cc2cc(N3CCN(C4CCOCC4)CC3)nn2c2c1NCC(C1CCC1)CN2. The molecular formula is C23H34N6O. The summed E-state index contributed by atoms with van der Waals surface area (Å²) >= 11 is 0. The van der Waals surface area contributed by atoms with Crippen LogP contribution >= 0.6 is 0 Å². The molecule has 0 radical (unpaired) electrons. The normalized spacial score (nSPS) is 26.5. The van der Waals surface area contributed by atoms with Crippen molar-refractivity contribution >= 4 is 22.8 Å². The second-order valence-electron chi connectivity index (χ2n) is 9.51. The number of pyridine rings is 1. The quantitative estimate of drug-likeness (QED) is 0.812. The first kappa shape index (κ1) is 18.8. The molecule has 3 fully saturated rings. The fraction of sp³-hybridized carbons (Fsp3) is 0.696. The van der Waals surface area contributed by atoms with Crippen LogP contribution in [0.1, 0.15) is 32.1 Å². The number of nitrogens with one attached hydrogen (secondary N) is 2. The second-order valence-corrected chi connectivity index (χ2v) is 9.51. The number of hydrogen-bond acceptors (Lipinski definition) is 6. The Morgan fingerprint density at radius 3 is 2.47 bits per heavy atom. The van der Waals surface area contributed by atoms with Gasteiger partial charge in [0.25, 0.3) is 0 Å². The Hall–Kier alpha value is -1.99. The minimum Gasteiger partial charge on any atom is -0.382 e. The maximum atomic E-state index is 5.54. The van der Waals surface area contributed by atoms with Crippen molar-refractivity contribution in [3.05, 3.63) is 18.2 Å². The van der Waals surface area contributed by atoms with Gasteiger partial charge >= 0.3 is 0 Å². The predicted molar refractivity (Wildman–Crippen MR) is 121 cm³/mol. The third kappa shape index (κ3) is 3.42. The van der Waals surface area contributed by atoms with E-state index in [1.165, 1.54) is 43.3 Å². The topological polar surface area (TPSA) is 57.1 Å². The van der Waals surface area contributed by atoms with E-state index in [0.29, 0.717) is 6.04 Å². The lowest BCUT2D eigenvalue weighted by Gasteiger charge is -2.40. The smallest absolute Gasteiger partial charge is 0.151 e. The Bertz CT molecular complexity index is 879. The highest BCUT2D eigenvalue weighted by Crippen LogP contribution is 2.36. The Kier molecular flexibility index (Phi) is 4.96. The average molecular weight is 411 g/mol. The predicted octanol–water partition coefficient (Wildman–Crippen LogP) is 2.89. The molecule has 2 saturated heterocycles. The Morgan fingerprint density at radius 1 is 0.900 bits per heavy atom.